The Kier molecular flexibility index (Phi) is 10.7. The molecular formula is C31H39N3O5S. The van der Waals surface area contributed by atoms with Gasteiger partial charge in [0.05, 0.1) is 19.1 Å². The Labute approximate surface area is 238 Å². The third-order valence-corrected chi connectivity index (χ3v) is 8.05. The molecule has 9 heteroatoms. The Morgan fingerprint density at radius 3 is 2.15 bits per heavy atom. The first-order valence-corrected chi connectivity index (χ1v) is 15.2. The van der Waals surface area contributed by atoms with E-state index in [0.717, 1.165) is 33.7 Å². The van der Waals surface area contributed by atoms with Crippen molar-refractivity contribution in [3.63, 3.8) is 0 Å². The lowest BCUT2D eigenvalue weighted by molar-refractivity contribution is -0.140. The van der Waals surface area contributed by atoms with Gasteiger partial charge in [0.1, 0.15) is 18.3 Å². The summed E-state index contributed by atoms with van der Waals surface area (Å²) < 4.78 is 32.0. The zero-order chi connectivity index (χ0) is 29.3. The van der Waals surface area contributed by atoms with Gasteiger partial charge in [-0.3, -0.25) is 13.9 Å². The number of carbonyl (C=O) groups is 2. The molecule has 0 radical (unpaired) electrons. The van der Waals surface area contributed by atoms with Crippen LogP contribution in [0.15, 0.2) is 78.9 Å². The number of ether oxygens (including phenoxy) is 1. The number of nitrogens with zero attached hydrogens (tertiary/aromatic N) is 2. The summed E-state index contributed by atoms with van der Waals surface area (Å²) in [5, 5.41) is 3.03. The molecule has 3 aromatic rings. The molecular weight excluding hydrogens is 526 g/mol. The standard InChI is InChI=1S/C31H39N3O5S/c1-6-24(3)32-31(36)29(20-25-13-8-7-9-14-25)33(21-26-15-11-10-12-23(26)2)30(35)22-34(40(5,37)38)27-16-18-28(39-4)19-17-27/h7-19,24,29H,6,20-22H2,1-5H3,(H,32,36)/t24-,29+/m0/s1. The summed E-state index contributed by atoms with van der Waals surface area (Å²) in [5.41, 5.74) is 3.07. The Morgan fingerprint density at radius 1 is 0.950 bits per heavy atom. The lowest BCUT2D eigenvalue weighted by atomic mass is 10.0. The number of methoxy groups -OCH3 is 1. The largest absolute Gasteiger partial charge is 0.497 e. The molecule has 8 nitrogen and oxygen atoms in total. The SMILES string of the molecule is CC[C@H](C)NC(=O)[C@@H](Cc1ccccc1)N(Cc1ccccc1C)C(=O)CN(c1ccc(OC)cc1)S(C)(=O)=O. The van der Waals surface area contributed by atoms with Gasteiger partial charge in [-0.05, 0) is 61.2 Å². The molecule has 0 aliphatic rings. The molecule has 214 valence electrons. The first kappa shape index (κ1) is 30.7. The van der Waals surface area contributed by atoms with E-state index < -0.39 is 28.5 Å². The summed E-state index contributed by atoms with van der Waals surface area (Å²) in [5.74, 6) is -0.199. The first-order valence-electron chi connectivity index (χ1n) is 13.3. The molecule has 0 aliphatic heterocycles. The van der Waals surface area contributed by atoms with Crippen LogP contribution < -0.4 is 14.4 Å². The van der Waals surface area contributed by atoms with E-state index >= 15 is 0 Å². The number of aryl methyl sites for hydroxylation is 1. The van der Waals surface area contributed by atoms with Crippen molar-refractivity contribution < 1.29 is 22.7 Å². The van der Waals surface area contributed by atoms with Gasteiger partial charge in [-0.25, -0.2) is 8.42 Å². The molecule has 0 aromatic heterocycles. The Hall–Kier alpha value is -3.85. The fraction of sp³-hybridized carbons (Fsp3) is 0.355. The smallest absolute Gasteiger partial charge is 0.244 e. The van der Waals surface area contributed by atoms with E-state index in [9.17, 15) is 18.0 Å². The fourth-order valence-electron chi connectivity index (χ4n) is 4.33. The number of amides is 2. The summed E-state index contributed by atoms with van der Waals surface area (Å²) in [4.78, 5) is 29.3. The molecule has 0 heterocycles. The molecule has 0 aliphatic carbocycles. The summed E-state index contributed by atoms with van der Waals surface area (Å²) in [7, 11) is -2.31. The van der Waals surface area contributed by atoms with Crippen LogP contribution in [0, 0.1) is 6.92 Å². The van der Waals surface area contributed by atoms with Gasteiger partial charge in [-0.1, -0.05) is 61.5 Å². The zero-order valence-electron chi connectivity index (χ0n) is 23.8. The summed E-state index contributed by atoms with van der Waals surface area (Å²) in [6.45, 7) is 5.53. The Bertz CT molecular complexity index is 1380. The molecule has 0 saturated carbocycles. The monoisotopic (exact) mass is 565 g/mol. The second-order valence-electron chi connectivity index (χ2n) is 9.94. The highest BCUT2D eigenvalue weighted by atomic mass is 32.2. The lowest BCUT2D eigenvalue weighted by Gasteiger charge is -2.34. The van der Waals surface area contributed by atoms with Crippen molar-refractivity contribution in [3.05, 3.63) is 95.6 Å². The molecule has 0 saturated heterocycles. The molecule has 3 aromatic carbocycles. The highest BCUT2D eigenvalue weighted by Gasteiger charge is 2.33. The van der Waals surface area contributed by atoms with E-state index in [1.54, 1.807) is 24.3 Å². The van der Waals surface area contributed by atoms with Crippen molar-refractivity contribution >= 4 is 27.5 Å². The van der Waals surface area contributed by atoms with Crippen LogP contribution in [-0.2, 0) is 32.6 Å². The van der Waals surface area contributed by atoms with Crippen LogP contribution in [0.5, 0.6) is 5.75 Å². The van der Waals surface area contributed by atoms with Crippen molar-refractivity contribution in [2.75, 3.05) is 24.2 Å². The van der Waals surface area contributed by atoms with Gasteiger partial charge in [0.15, 0.2) is 0 Å². The number of benzene rings is 3. The third-order valence-electron chi connectivity index (χ3n) is 6.91. The zero-order valence-corrected chi connectivity index (χ0v) is 24.6. The van der Waals surface area contributed by atoms with Crippen LogP contribution in [0.4, 0.5) is 5.69 Å². The number of carbonyl (C=O) groups excluding carboxylic acids is 2. The van der Waals surface area contributed by atoms with E-state index in [0.29, 0.717) is 11.4 Å². The second kappa shape index (κ2) is 14.0. The maximum absolute atomic E-state index is 14.1. The predicted octanol–water partition coefficient (Wildman–Crippen LogP) is 4.32. The van der Waals surface area contributed by atoms with Crippen molar-refractivity contribution in [3.8, 4) is 5.75 Å². The van der Waals surface area contributed by atoms with E-state index in [4.69, 9.17) is 4.74 Å². The maximum atomic E-state index is 14.1. The van der Waals surface area contributed by atoms with Gasteiger partial charge >= 0.3 is 0 Å². The average Bonchev–Trinajstić information content (AvgIpc) is 2.94. The molecule has 3 rings (SSSR count). The highest BCUT2D eigenvalue weighted by molar-refractivity contribution is 7.92. The van der Waals surface area contributed by atoms with E-state index in [1.165, 1.54) is 12.0 Å². The summed E-state index contributed by atoms with van der Waals surface area (Å²) in [6.07, 6.45) is 2.07. The number of anilines is 1. The van der Waals surface area contributed by atoms with Crippen LogP contribution in [0.3, 0.4) is 0 Å². The molecule has 0 unspecified atom stereocenters. The van der Waals surface area contributed by atoms with E-state index in [1.807, 2.05) is 75.4 Å². The van der Waals surface area contributed by atoms with E-state index in [-0.39, 0.29) is 24.9 Å². The van der Waals surface area contributed by atoms with Gasteiger partial charge in [-0.15, -0.1) is 0 Å². The number of nitrogens with one attached hydrogen (secondary N) is 1. The lowest BCUT2D eigenvalue weighted by Crippen LogP contribution is -2.54. The van der Waals surface area contributed by atoms with Crippen molar-refractivity contribution in [1.29, 1.82) is 0 Å². The molecule has 40 heavy (non-hydrogen) atoms. The molecule has 0 spiro atoms. The van der Waals surface area contributed by atoms with Gasteiger partial charge in [0.25, 0.3) is 0 Å². The fourth-order valence-corrected chi connectivity index (χ4v) is 5.18. The van der Waals surface area contributed by atoms with Gasteiger partial charge < -0.3 is 15.0 Å². The molecule has 2 amide bonds. The molecule has 2 atom stereocenters. The van der Waals surface area contributed by atoms with Crippen LogP contribution in [0.2, 0.25) is 0 Å². The van der Waals surface area contributed by atoms with Crippen molar-refractivity contribution in [2.24, 2.45) is 0 Å². The topological polar surface area (TPSA) is 96.0 Å². The van der Waals surface area contributed by atoms with Crippen molar-refractivity contribution in [2.45, 2.75) is 52.2 Å². The average molecular weight is 566 g/mol. The summed E-state index contributed by atoms with van der Waals surface area (Å²) in [6, 6.07) is 22.7. The van der Waals surface area contributed by atoms with Crippen molar-refractivity contribution in [1.82, 2.24) is 10.2 Å². The molecule has 0 fully saturated rings. The van der Waals surface area contributed by atoms with Crippen LogP contribution >= 0.6 is 0 Å². The minimum absolute atomic E-state index is 0.0898. The first-order chi connectivity index (χ1) is 19.0. The minimum Gasteiger partial charge on any atom is -0.497 e. The minimum atomic E-state index is -3.83. The quantitative estimate of drug-likeness (QED) is 0.333. The highest BCUT2D eigenvalue weighted by Crippen LogP contribution is 2.23. The summed E-state index contributed by atoms with van der Waals surface area (Å²) >= 11 is 0. The normalized spacial score (nSPS) is 12.7. The number of hydrogen-bond donors (Lipinski definition) is 1. The number of hydrogen-bond acceptors (Lipinski definition) is 5. The predicted molar refractivity (Wildman–Crippen MR) is 159 cm³/mol. The Morgan fingerprint density at radius 2 is 1.57 bits per heavy atom. The van der Waals surface area contributed by atoms with Gasteiger partial charge in [-0.2, -0.15) is 0 Å². The number of rotatable bonds is 13. The maximum Gasteiger partial charge on any atom is 0.244 e. The van der Waals surface area contributed by atoms with Gasteiger partial charge in [0.2, 0.25) is 21.8 Å². The van der Waals surface area contributed by atoms with Crippen LogP contribution in [-0.4, -0.2) is 57.1 Å². The number of sulfonamides is 1. The van der Waals surface area contributed by atoms with Crippen LogP contribution in [0.1, 0.15) is 37.0 Å². The van der Waals surface area contributed by atoms with Gasteiger partial charge in [0, 0.05) is 19.0 Å². The Balaban J connectivity index is 2.06. The van der Waals surface area contributed by atoms with E-state index in [2.05, 4.69) is 5.32 Å². The van der Waals surface area contributed by atoms with Crippen LogP contribution in [0.25, 0.3) is 0 Å². The second-order valence-corrected chi connectivity index (χ2v) is 11.8. The third kappa shape index (κ3) is 8.32. The molecule has 1 N–H and O–H groups in total. The molecule has 0 bridgehead atoms.